The molecule has 0 aromatic carbocycles. The van der Waals surface area contributed by atoms with Crippen molar-refractivity contribution in [3.63, 3.8) is 0 Å². The van der Waals surface area contributed by atoms with Gasteiger partial charge in [0.05, 0.1) is 6.21 Å². The molecule has 0 saturated carbocycles. The highest BCUT2D eigenvalue weighted by Gasteiger charge is 2.06. The first-order valence-electron chi connectivity index (χ1n) is 2.34. The summed E-state index contributed by atoms with van der Waals surface area (Å²) < 4.78 is 0. The number of nitrogens with one attached hydrogen (secondary N) is 2. The van der Waals surface area contributed by atoms with Gasteiger partial charge in [0, 0.05) is 0 Å². The summed E-state index contributed by atoms with van der Waals surface area (Å²) in [5.41, 5.74) is 2.42. The van der Waals surface area contributed by atoms with Crippen LogP contribution in [0.1, 0.15) is 0 Å². The molecule has 0 radical (unpaired) electrons. The van der Waals surface area contributed by atoms with Gasteiger partial charge < -0.3 is 16.3 Å². The van der Waals surface area contributed by atoms with Crippen molar-refractivity contribution in [2.75, 3.05) is 0 Å². The predicted molar refractivity (Wildman–Crippen MR) is 32.4 cm³/mol. The monoisotopic (exact) mass is 129 g/mol. The number of nitrogens with two attached hydrogens (primary N) is 1. The Bertz CT molecular complexity index is 152. The van der Waals surface area contributed by atoms with E-state index >= 15 is 0 Å². The zero-order chi connectivity index (χ0) is 6.69. The van der Waals surface area contributed by atoms with Gasteiger partial charge in [-0.15, -0.1) is 5.10 Å². The van der Waals surface area contributed by atoms with Crippen LogP contribution in [-0.4, -0.2) is 23.5 Å². The summed E-state index contributed by atoms with van der Waals surface area (Å²) in [6, 6.07) is 0. The average Bonchev–Trinajstić information content (AvgIpc) is 1.88. The van der Waals surface area contributed by atoms with Crippen molar-refractivity contribution in [3.05, 3.63) is 0 Å². The van der Waals surface area contributed by atoms with Crippen LogP contribution in [-0.2, 0) is 0 Å². The summed E-state index contributed by atoms with van der Waals surface area (Å²) in [7, 11) is 0. The number of hydrogen-bond donors (Lipinski definition) is 4. The summed E-state index contributed by atoms with van der Waals surface area (Å²) in [4.78, 5) is 0. The van der Waals surface area contributed by atoms with E-state index in [1.807, 2.05) is 0 Å². The molecule has 1 aliphatic rings. The van der Waals surface area contributed by atoms with Crippen LogP contribution in [0.3, 0.4) is 0 Å². The number of aliphatic hydroxyl groups excluding tert-OH is 1. The minimum absolute atomic E-state index is 0.255. The van der Waals surface area contributed by atoms with E-state index < -0.39 is 6.23 Å². The minimum Gasteiger partial charge on any atom is -0.368 e. The van der Waals surface area contributed by atoms with Crippen molar-refractivity contribution in [2.45, 2.75) is 6.23 Å². The van der Waals surface area contributed by atoms with Crippen molar-refractivity contribution >= 4 is 12.2 Å². The van der Waals surface area contributed by atoms with Crippen LogP contribution in [0.4, 0.5) is 0 Å². The Morgan fingerprint density at radius 3 is 3.11 bits per heavy atom. The number of aliphatic hydroxyl groups is 1. The lowest BCUT2D eigenvalue weighted by Gasteiger charge is -2.14. The fourth-order valence-electron chi connectivity index (χ4n) is 0.445. The van der Waals surface area contributed by atoms with E-state index in [1.165, 1.54) is 6.21 Å². The second-order valence-electron chi connectivity index (χ2n) is 1.46. The predicted octanol–water partition coefficient (Wildman–Crippen LogP) is -2.29. The molecule has 9 heavy (non-hydrogen) atoms. The van der Waals surface area contributed by atoms with Gasteiger partial charge in [-0.05, 0) is 0 Å². The quantitative estimate of drug-likeness (QED) is 0.219. The lowest BCUT2D eigenvalue weighted by molar-refractivity contribution is 0.227. The molecule has 6 heteroatoms. The van der Waals surface area contributed by atoms with Gasteiger partial charge in [-0.3, -0.25) is 0 Å². The van der Waals surface area contributed by atoms with Crippen molar-refractivity contribution in [2.24, 2.45) is 16.0 Å². The maximum absolute atomic E-state index is 8.77. The number of nitrogens with zero attached hydrogens (tertiary/aromatic N) is 2. The number of guanidine groups is 1. The third-order valence-corrected chi connectivity index (χ3v) is 0.800. The van der Waals surface area contributed by atoms with Gasteiger partial charge >= 0.3 is 0 Å². The maximum Gasteiger partial charge on any atom is 0.236 e. The third-order valence-electron chi connectivity index (χ3n) is 0.800. The highest BCUT2D eigenvalue weighted by molar-refractivity contribution is 5.85. The van der Waals surface area contributed by atoms with E-state index in [1.54, 1.807) is 0 Å². The molecule has 0 aromatic heterocycles. The molecule has 0 aromatic rings. The molecule has 1 unspecified atom stereocenters. The molecule has 0 spiro atoms. The Morgan fingerprint density at radius 1 is 1.89 bits per heavy atom. The highest BCUT2D eigenvalue weighted by Crippen LogP contribution is 1.77. The first-order valence-corrected chi connectivity index (χ1v) is 2.34. The molecule has 1 aliphatic heterocycles. The largest absolute Gasteiger partial charge is 0.368 e. The van der Waals surface area contributed by atoms with Crippen LogP contribution in [0.15, 0.2) is 10.2 Å². The van der Waals surface area contributed by atoms with Crippen molar-refractivity contribution in [1.82, 2.24) is 10.7 Å². The average molecular weight is 129 g/mol. The molecule has 1 atom stereocenters. The van der Waals surface area contributed by atoms with Gasteiger partial charge in [-0.25, -0.2) is 5.43 Å². The lowest BCUT2D eigenvalue weighted by atomic mass is 10.6. The van der Waals surface area contributed by atoms with E-state index in [0.717, 1.165) is 0 Å². The normalized spacial score (nSPS) is 29.4. The molecule has 6 nitrogen and oxygen atoms in total. The summed E-state index contributed by atoms with van der Waals surface area (Å²) in [5.74, 6) is 5.10. The van der Waals surface area contributed by atoms with Crippen LogP contribution in [0.25, 0.3) is 0 Å². The number of hydrazone groups is 2. The summed E-state index contributed by atoms with van der Waals surface area (Å²) in [5, 5.41) is 18.0. The van der Waals surface area contributed by atoms with Crippen molar-refractivity contribution in [1.29, 1.82) is 0 Å². The molecular formula is C3H7N5O. The van der Waals surface area contributed by atoms with Gasteiger partial charge in [0.25, 0.3) is 0 Å². The Hall–Kier alpha value is -1.30. The van der Waals surface area contributed by atoms with E-state index in [9.17, 15) is 0 Å². The van der Waals surface area contributed by atoms with E-state index in [0.29, 0.717) is 0 Å². The SMILES string of the molecule is N/N=C1\NN=CC(O)N1. The Labute approximate surface area is 51.4 Å². The third kappa shape index (κ3) is 1.29. The lowest BCUT2D eigenvalue weighted by Crippen LogP contribution is -2.47. The molecule has 0 bridgehead atoms. The first kappa shape index (κ1) is 5.83. The summed E-state index contributed by atoms with van der Waals surface area (Å²) >= 11 is 0. The van der Waals surface area contributed by atoms with Gasteiger partial charge in [-0.1, -0.05) is 0 Å². The first-order chi connectivity index (χ1) is 4.33. The number of hydrogen-bond acceptors (Lipinski definition) is 4. The molecule has 1 heterocycles. The maximum atomic E-state index is 8.77. The van der Waals surface area contributed by atoms with Crippen LogP contribution in [0.5, 0.6) is 0 Å². The highest BCUT2D eigenvalue weighted by atomic mass is 16.3. The molecular weight excluding hydrogens is 122 g/mol. The van der Waals surface area contributed by atoms with Crippen LogP contribution in [0, 0.1) is 0 Å². The van der Waals surface area contributed by atoms with Crippen molar-refractivity contribution in [3.8, 4) is 0 Å². The molecule has 0 fully saturated rings. The van der Waals surface area contributed by atoms with E-state index in [4.69, 9.17) is 10.9 Å². The smallest absolute Gasteiger partial charge is 0.236 e. The Balaban J connectivity index is 2.58. The van der Waals surface area contributed by atoms with E-state index in [-0.39, 0.29) is 5.96 Å². The van der Waals surface area contributed by atoms with Gasteiger partial charge in [0.15, 0.2) is 6.23 Å². The second-order valence-corrected chi connectivity index (χ2v) is 1.46. The summed E-state index contributed by atoms with van der Waals surface area (Å²) in [6.07, 6.45) is 0.489. The molecule has 50 valence electrons. The minimum atomic E-state index is -0.798. The fraction of sp³-hybridized carbons (Fsp3) is 0.333. The standard InChI is InChI=1S/C3H7N5O/c4-7-3-6-2(9)1-5-8-3/h1-2,9H,4H2,(H2,6,7,8). The zero-order valence-corrected chi connectivity index (χ0v) is 4.57. The van der Waals surface area contributed by atoms with E-state index in [2.05, 4.69) is 20.9 Å². The van der Waals surface area contributed by atoms with Crippen LogP contribution < -0.4 is 16.6 Å². The topological polar surface area (TPSA) is 95.0 Å². The Morgan fingerprint density at radius 2 is 2.67 bits per heavy atom. The van der Waals surface area contributed by atoms with Crippen LogP contribution in [0.2, 0.25) is 0 Å². The van der Waals surface area contributed by atoms with Crippen LogP contribution >= 0.6 is 0 Å². The second kappa shape index (κ2) is 2.31. The zero-order valence-electron chi connectivity index (χ0n) is 4.57. The summed E-state index contributed by atoms with van der Waals surface area (Å²) in [6.45, 7) is 0. The Kier molecular flexibility index (Phi) is 1.50. The van der Waals surface area contributed by atoms with Gasteiger partial charge in [0.2, 0.25) is 5.96 Å². The van der Waals surface area contributed by atoms with Gasteiger partial charge in [-0.2, -0.15) is 5.10 Å². The number of rotatable bonds is 0. The molecule has 0 saturated heterocycles. The molecule has 0 aliphatic carbocycles. The molecule has 1 rings (SSSR count). The molecule has 5 N–H and O–H groups in total. The van der Waals surface area contributed by atoms with Crippen molar-refractivity contribution < 1.29 is 5.11 Å². The fourth-order valence-corrected chi connectivity index (χ4v) is 0.445. The molecule has 0 amide bonds. The van der Waals surface area contributed by atoms with Gasteiger partial charge in [0.1, 0.15) is 0 Å².